The van der Waals surface area contributed by atoms with Crippen LogP contribution < -0.4 is 10.5 Å². The Balaban J connectivity index is 1.82. The highest BCUT2D eigenvalue weighted by Crippen LogP contribution is 2.25. The number of hydrogen-bond acceptors (Lipinski definition) is 3. The van der Waals surface area contributed by atoms with E-state index in [4.69, 9.17) is 4.42 Å². The van der Waals surface area contributed by atoms with Crippen molar-refractivity contribution in [2.75, 3.05) is 4.90 Å². The molecule has 0 fully saturated rings. The second kappa shape index (κ2) is 7.43. The van der Waals surface area contributed by atoms with Crippen LogP contribution >= 0.6 is 0 Å². The van der Waals surface area contributed by atoms with E-state index in [1.165, 1.54) is 6.26 Å². The number of amides is 1. The minimum atomic E-state index is -0.286. The SMILES string of the molecule is Cc1ccc(N(Cc2cc3cccc(C)c3[nH]c2=O)C(=O)c2ccco2)c(C)c1. The highest BCUT2D eigenvalue weighted by Gasteiger charge is 2.23. The molecule has 0 aliphatic carbocycles. The summed E-state index contributed by atoms with van der Waals surface area (Å²) in [5.41, 5.74) is 4.95. The lowest BCUT2D eigenvalue weighted by Gasteiger charge is -2.24. The third-order valence-corrected chi connectivity index (χ3v) is 5.11. The monoisotopic (exact) mass is 386 g/mol. The first kappa shape index (κ1) is 18.7. The number of benzene rings is 2. The van der Waals surface area contributed by atoms with Crippen LogP contribution in [0.3, 0.4) is 0 Å². The van der Waals surface area contributed by atoms with E-state index >= 15 is 0 Å². The van der Waals surface area contributed by atoms with Crippen LogP contribution in [0.2, 0.25) is 0 Å². The molecule has 0 bridgehead atoms. The van der Waals surface area contributed by atoms with Crippen LogP contribution in [0.15, 0.2) is 70.1 Å². The van der Waals surface area contributed by atoms with Crippen LogP contribution in [-0.4, -0.2) is 10.9 Å². The van der Waals surface area contributed by atoms with Gasteiger partial charge in [0.1, 0.15) is 0 Å². The summed E-state index contributed by atoms with van der Waals surface area (Å²) < 4.78 is 5.34. The van der Waals surface area contributed by atoms with E-state index in [-0.39, 0.29) is 23.8 Å². The molecular weight excluding hydrogens is 364 g/mol. The zero-order valence-corrected chi connectivity index (χ0v) is 16.7. The number of aryl methyl sites for hydroxylation is 3. The number of H-pyrrole nitrogens is 1. The van der Waals surface area contributed by atoms with E-state index in [0.29, 0.717) is 5.56 Å². The number of nitrogens with zero attached hydrogens (tertiary/aromatic N) is 1. The van der Waals surface area contributed by atoms with Gasteiger partial charge in [-0.3, -0.25) is 9.59 Å². The Bertz CT molecular complexity index is 1250. The van der Waals surface area contributed by atoms with Crippen LogP contribution in [0.1, 0.15) is 32.8 Å². The summed E-state index contributed by atoms with van der Waals surface area (Å²) in [4.78, 5) is 30.5. The van der Waals surface area contributed by atoms with E-state index in [9.17, 15) is 9.59 Å². The Kier molecular flexibility index (Phi) is 4.80. The van der Waals surface area contributed by atoms with Crippen molar-refractivity contribution in [1.29, 1.82) is 0 Å². The topological polar surface area (TPSA) is 66.3 Å². The average molecular weight is 386 g/mol. The molecule has 29 heavy (non-hydrogen) atoms. The number of anilines is 1. The fourth-order valence-corrected chi connectivity index (χ4v) is 3.62. The summed E-state index contributed by atoms with van der Waals surface area (Å²) in [5, 5.41) is 0.936. The molecule has 0 saturated carbocycles. The van der Waals surface area contributed by atoms with Gasteiger partial charge in [0.2, 0.25) is 0 Å². The van der Waals surface area contributed by atoms with Gasteiger partial charge in [-0.15, -0.1) is 0 Å². The molecule has 4 aromatic rings. The highest BCUT2D eigenvalue weighted by molar-refractivity contribution is 6.04. The second-order valence-corrected chi connectivity index (χ2v) is 7.32. The normalized spacial score (nSPS) is 11.0. The van der Waals surface area contributed by atoms with Crippen LogP contribution in [0, 0.1) is 20.8 Å². The summed E-state index contributed by atoms with van der Waals surface area (Å²) >= 11 is 0. The van der Waals surface area contributed by atoms with Crippen molar-refractivity contribution < 1.29 is 9.21 Å². The first-order valence-electron chi connectivity index (χ1n) is 9.48. The number of hydrogen-bond donors (Lipinski definition) is 1. The minimum Gasteiger partial charge on any atom is -0.459 e. The van der Waals surface area contributed by atoms with Crippen LogP contribution in [0.5, 0.6) is 0 Å². The summed E-state index contributed by atoms with van der Waals surface area (Å²) in [6, 6.07) is 16.9. The van der Waals surface area contributed by atoms with Crippen LogP contribution in [0.25, 0.3) is 10.9 Å². The smallest absolute Gasteiger partial charge is 0.294 e. The van der Waals surface area contributed by atoms with Gasteiger partial charge in [-0.25, -0.2) is 0 Å². The van der Waals surface area contributed by atoms with Gasteiger partial charge in [0, 0.05) is 11.3 Å². The molecule has 5 nitrogen and oxygen atoms in total. The second-order valence-electron chi connectivity index (χ2n) is 7.32. The third-order valence-electron chi connectivity index (χ3n) is 5.11. The van der Waals surface area contributed by atoms with E-state index in [1.807, 2.05) is 63.2 Å². The standard InChI is InChI=1S/C24H22N2O3/c1-15-9-10-20(17(3)12-15)26(24(28)21-8-5-11-29-21)14-19-13-18-7-4-6-16(2)22(18)25-23(19)27/h4-13H,14H2,1-3H3,(H,25,27). The number of nitrogens with one attached hydrogen (secondary N) is 1. The molecule has 0 radical (unpaired) electrons. The number of carbonyl (C=O) groups is 1. The predicted molar refractivity (Wildman–Crippen MR) is 114 cm³/mol. The van der Waals surface area contributed by atoms with Crippen molar-refractivity contribution in [3.8, 4) is 0 Å². The van der Waals surface area contributed by atoms with Crippen molar-refractivity contribution in [2.45, 2.75) is 27.3 Å². The van der Waals surface area contributed by atoms with Gasteiger partial charge in [-0.1, -0.05) is 35.9 Å². The average Bonchev–Trinajstić information content (AvgIpc) is 3.22. The van der Waals surface area contributed by atoms with Gasteiger partial charge >= 0.3 is 0 Å². The Morgan fingerprint density at radius 1 is 1.00 bits per heavy atom. The lowest BCUT2D eigenvalue weighted by molar-refractivity contribution is 0.0958. The zero-order valence-electron chi connectivity index (χ0n) is 16.7. The van der Waals surface area contributed by atoms with Crippen LogP contribution in [-0.2, 0) is 6.54 Å². The van der Waals surface area contributed by atoms with Gasteiger partial charge < -0.3 is 14.3 Å². The van der Waals surface area contributed by atoms with Gasteiger partial charge in [-0.2, -0.15) is 0 Å². The van der Waals surface area contributed by atoms with Crippen molar-refractivity contribution in [3.05, 3.63) is 99.2 Å². The maximum atomic E-state index is 13.2. The summed E-state index contributed by atoms with van der Waals surface area (Å²) in [7, 11) is 0. The molecule has 0 aliphatic heterocycles. The minimum absolute atomic E-state index is 0.142. The summed E-state index contributed by atoms with van der Waals surface area (Å²) in [5.74, 6) is -0.0521. The van der Waals surface area contributed by atoms with Crippen LogP contribution in [0.4, 0.5) is 5.69 Å². The molecule has 5 heteroatoms. The predicted octanol–water partition coefficient (Wildman–Crippen LogP) is 4.89. The maximum Gasteiger partial charge on any atom is 0.294 e. The Morgan fingerprint density at radius 3 is 2.55 bits per heavy atom. The third kappa shape index (κ3) is 3.59. The Morgan fingerprint density at radius 2 is 1.83 bits per heavy atom. The number of aromatic nitrogens is 1. The molecule has 1 N–H and O–H groups in total. The molecule has 0 atom stereocenters. The van der Waals surface area contributed by atoms with Gasteiger partial charge in [0.05, 0.1) is 18.3 Å². The number of pyridine rings is 1. The molecule has 4 rings (SSSR count). The van der Waals surface area contributed by atoms with E-state index in [1.54, 1.807) is 17.0 Å². The van der Waals surface area contributed by atoms with Crippen molar-refractivity contribution in [2.24, 2.45) is 0 Å². The highest BCUT2D eigenvalue weighted by atomic mass is 16.3. The maximum absolute atomic E-state index is 13.2. The number of aromatic amines is 1. The van der Waals surface area contributed by atoms with E-state index < -0.39 is 0 Å². The van der Waals surface area contributed by atoms with E-state index in [0.717, 1.165) is 33.3 Å². The first-order valence-corrected chi connectivity index (χ1v) is 9.48. The number of rotatable bonds is 4. The zero-order chi connectivity index (χ0) is 20.5. The molecule has 0 spiro atoms. The van der Waals surface area contributed by atoms with Crippen molar-refractivity contribution in [3.63, 3.8) is 0 Å². The molecule has 2 heterocycles. The van der Waals surface area contributed by atoms with E-state index in [2.05, 4.69) is 4.98 Å². The quantitative estimate of drug-likeness (QED) is 0.543. The fourth-order valence-electron chi connectivity index (χ4n) is 3.62. The number of para-hydroxylation sites is 1. The lowest BCUT2D eigenvalue weighted by Crippen LogP contribution is -2.33. The molecule has 0 saturated heterocycles. The molecule has 0 aliphatic rings. The molecule has 0 unspecified atom stereocenters. The molecule has 146 valence electrons. The first-order chi connectivity index (χ1) is 13.9. The lowest BCUT2D eigenvalue weighted by atomic mass is 10.1. The summed E-state index contributed by atoms with van der Waals surface area (Å²) in [6.07, 6.45) is 1.47. The molecule has 2 aromatic heterocycles. The van der Waals surface area contributed by atoms with Gasteiger partial charge in [0.25, 0.3) is 11.5 Å². The summed E-state index contributed by atoms with van der Waals surface area (Å²) in [6.45, 7) is 6.06. The molecular formula is C24H22N2O3. The fraction of sp³-hybridized carbons (Fsp3) is 0.167. The number of fused-ring (bicyclic) bond motifs is 1. The Labute approximate surface area is 168 Å². The van der Waals surface area contributed by atoms with Gasteiger partial charge in [-0.05, 0) is 61.5 Å². The number of carbonyl (C=O) groups excluding carboxylic acids is 1. The molecule has 1 amide bonds. The Hall–Kier alpha value is -3.60. The van der Waals surface area contributed by atoms with Gasteiger partial charge in [0.15, 0.2) is 5.76 Å². The molecule has 2 aromatic carbocycles. The van der Waals surface area contributed by atoms with Crippen molar-refractivity contribution >= 4 is 22.5 Å². The number of furan rings is 1. The van der Waals surface area contributed by atoms with Crippen molar-refractivity contribution in [1.82, 2.24) is 4.98 Å². The largest absolute Gasteiger partial charge is 0.459 e.